The average Bonchev–Trinajstić information content (AvgIpc) is 2.86. The highest BCUT2D eigenvalue weighted by Crippen LogP contribution is 2.25. The molecule has 21 heavy (non-hydrogen) atoms. The van der Waals surface area contributed by atoms with E-state index >= 15 is 0 Å². The van der Waals surface area contributed by atoms with E-state index in [9.17, 15) is 4.79 Å². The molecule has 1 aromatic heterocycles. The van der Waals surface area contributed by atoms with E-state index in [1.54, 1.807) is 0 Å². The van der Waals surface area contributed by atoms with Gasteiger partial charge in [-0.25, -0.2) is 0 Å². The van der Waals surface area contributed by atoms with Crippen molar-refractivity contribution >= 4 is 17.2 Å². The number of piperidine rings is 1. The molecule has 2 heterocycles. The monoisotopic (exact) mass is 284 g/mol. The highest BCUT2D eigenvalue weighted by Gasteiger charge is 2.19. The molecule has 112 valence electrons. The topological polar surface area (TPSA) is 25.2 Å². The van der Waals surface area contributed by atoms with Crippen molar-refractivity contribution in [1.82, 2.24) is 9.47 Å². The second kappa shape index (κ2) is 6.02. The molecule has 1 aliphatic rings. The van der Waals surface area contributed by atoms with Crippen LogP contribution >= 0.6 is 0 Å². The lowest BCUT2D eigenvalue weighted by Crippen LogP contribution is -2.36. The van der Waals surface area contributed by atoms with Crippen LogP contribution in [0.2, 0.25) is 0 Å². The molecule has 3 rings (SSSR count). The number of rotatable bonds is 4. The number of para-hydroxylation sites is 1. The zero-order chi connectivity index (χ0) is 14.8. The van der Waals surface area contributed by atoms with Crippen LogP contribution in [0.4, 0.5) is 0 Å². The Bertz CT molecular complexity index is 644. The van der Waals surface area contributed by atoms with E-state index in [2.05, 4.69) is 35.6 Å². The van der Waals surface area contributed by atoms with Gasteiger partial charge in [-0.1, -0.05) is 24.6 Å². The smallest absolute Gasteiger partial charge is 0.152 e. The molecule has 3 heteroatoms. The van der Waals surface area contributed by atoms with Gasteiger partial charge < -0.3 is 9.47 Å². The predicted molar refractivity (Wildman–Crippen MR) is 86.9 cm³/mol. The maximum atomic E-state index is 11.3. The van der Waals surface area contributed by atoms with Crippen molar-refractivity contribution < 1.29 is 4.79 Å². The van der Waals surface area contributed by atoms with Crippen molar-refractivity contribution in [3.8, 4) is 0 Å². The number of aldehydes is 1. The van der Waals surface area contributed by atoms with Crippen molar-refractivity contribution in [2.45, 2.75) is 45.2 Å². The Morgan fingerprint density at radius 1 is 1.33 bits per heavy atom. The van der Waals surface area contributed by atoms with E-state index in [0.717, 1.165) is 30.2 Å². The van der Waals surface area contributed by atoms with Crippen LogP contribution < -0.4 is 0 Å². The summed E-state index contributed by atoms with van der Waals surface area (Å²) in [6.45, 7) is 4.33. The molecule has 1 saturated heterocycles. The zero-order valence-corrected chi connectivity index (χ0v) is 13.0. The third-order valence-corrected chi connectivity index (χ3v) is 4.88. The van der Waals surface area contributed by atoms with E-state index in [1.807, 2.05) is 12.3 Å². The molecule has 1 aromatic carbocycles. The summed E-state index contributed by atoms with van der Waals surface area (Å²) >= 11 is 0. The number of hydrogen-bond acceptors (Lipinski definition) is 2. The molecule has 1 unspecified atom stereocenters. The quantitative estimate of drug-likeness (QED) is 0.801. The summed E-state index contributed by atoms with van der Waals surface area (Å²) in [5, 5.41) is 1.09. The number of nitrogens with zero attached hydrogens (tertiary/aromatic N) is 2. The summed E-state index contributed by atoms with van der Waals surface area (Å²) in [6, 6.07) is 6.89. The number of likely N-dealkylation sites (tertiary alicyclic amines) is 1. The van der Waals surface area contributed by atoms with Gasteiger partial charge in [0.05, 0.1) is 5.52 Å². The molecule has 0 N–H and O–H groups in total. The van der Waals surface area contributed by atoms with Crippen molar-refractivity contribution in [2.75, 3.05) is 13.6 Å². The number of benzene rings is 1. The molecule has 0 radical (unpaired) electrons. The van der Waals surface area contributed by atoms with Crippen molar-refractivity contribution in [3.63, 3.8) is 0 Å². The van der Waals surface area contributed by atoms with Crippen molar-refractivity contribution in [1.29, 1.82) is 0 Å². The van der Waals surface area contributed by atoms with Gasteiger partial charge in [0.15, 0.2) is 6.29 Å². The fraction of sp³-hybridized carbons (Fsp3) is 0.500. The number of aryl methyl sites for hydroxylation is 2. The van der Waals surface area contributed by atoms with E-state index in [0.29, 0.717) is 6.04 Å². The van der Waals surface area contributed by atoms with Gasteiger partial charge in [0.1, 0.15) is 0 Å². The minimum Gasteiger partial charge on any atom is -0.346 e. The van der Waals surface area contributed by atoms with E-state index < -0.39 is 0 Å². The van der Waals surface area contributed by atoms with Crippen LogP contribution in [0, 0.1) is 6.92 Å². The molecule has 0 bridgehead atoms. The lowest BCUT2D eigenvalue weighted by atomic mass is 10.00. The first-order valence-corrected chi connectivity index (χ1v) is 7.94. The first-order valence-electron chi connectivity index (χ1n) is 7.94. The van der Waals surface area contributed by atoms with Crippen molar-refractivity contribution in [3.05, 3.63) is 35.5 Å². The lowest BCUT2D eigenvalue weighted by Gasteiger charge is -2.32. The summed E-state index contributed by atoms with van der Waals surface area (Å²) in [6.07, 6.45) is 8.13. The van der Waals surface area contributed by atoms with Crippen LogP contribution in [0.1, 0.15) is 41.6 Å². The fourth-order valence-corrected chi connectivity index (χ4v) is 3.64. The molecular formula is C18H24N2O. The van der Waals surface area contributed by atoms with Gasteiger partial charge >= 0.3 is 0 Å². The normalized spacial score (nSPS) is 20.0. The number of carbonyl (C=O) groups excluding carboxylic acids is 1. The van der Waals surface area contributed by atoms with Crippen LogP contribution in [-0.4, -0.2) is 35.4 Å². The maximum absolute atomic E-state index is 11.3. The highest BCUT2D eigenvalue weighted by atomic mass is 16.1. The Hall–Kier alpha value is -1.61. The van der Waals surface area contributed by atoms with Crippen LogP contribution in [0.3, 0.4) is 0 Å². The lowest BCUT2D eigenvalue weighted by molar-refractivity contribution is 0.112. The Morgan fingerprint density at radius 2 is 2.19 bits per heavy atom. The Labute approximate surface area is 126 Å². The summed E-state index contributed by atoms with van der Waals surface area (Å²) in [5.41, 5.74) is 3.28. The van der Waals surface area contributed by atoms with Gasteiger partial charge in [0.2, 0.25) is 0 Å². The number of carbonyl (C=O) groups is 1. The zero-order valence-electron chi connectivity index (χ0n) is 13.0. The van der Waals surface area contributed by atoms with Crippen molar-refractivity contribution in [2.24, 2.45) is 0 Å². The standard InChI is InChI=1S/C18H24N2O/c1-14-6-5-8-17-15(13-21)12-20(18(14)17)11-9-16-7-3-4-10-19(16)2/h5-6,8,12-13,16H,3-4,7,9-11H2,1-2H3. The second-order valence-corrected chi connectivity index (χ2v) is 6.29. The Balaban J connectivity index is 1.85. The SMILES string of the molecule is Cc1cccc2c(C=O)cn(CCC3CCCCN3C)c12. The molecule has 2 aromatic rings. The summed E-state index contributed by atoms with van der Waals surface area (Å²) < 4.78 is 2.27. The van der Waals surface area contributed by atoms with E-state index in [-0.39, 0.29) is 0 Å². The average molecular weight is 284 g/mol. The first-order chi connectivity index (χ1) is 10.2. The predicted octanol–water partition coefficient (Wildman–Crippen LogP) is 3.64. The third kappa shape index (κ3) is 2.75. The van der Waals surface area contributed by atoms with Crippen LogP contribution in [0.5, 0.6) is 0 Å². The molecule has 1 fully saturated rings. The van der Waals surface area contributed by atoms with Crippen LogP contribution in [0.25, 0.3) is 10.9 Å². The van der Waals surface area contributed by atoms with Gasteiger partial charge in [-0.05, 0) is 45.3 Å². The molecular weight excluding hydrogens is 260 g/mol. The molecule has 0 saturated carbocycles. The van der Waals surface area contributed by atoms with Crippen LogP contribution in [0.15, 0.2) is 24.4 Å². The van der Waals surface area contributed by atoms with Gasteiger partial charge in [-0.3, -0.25) is 4.79 Å². The van der Waals surface area contributed by atoms with Gasteiger partial charge in [-0.2, -0.15) is 0 Å². The molecule has 1 atom stereocenters. The van der Waals surface area contributed by atoms with Gasteiger partial charge in [0.25, 0.3) is 0 Å². The molecule has 1 aliphatic heterocycles. The summed E-state index contributed by atoms with van der Waals surface area (Å²) in [4.78, 5) is 13.8. The van der Waals surface area contributed by atoms with Gasteiger partial charge in [0, 0.05) is 29.7 Å². The van der Waals surface area contributed by atoms with Crippen LogP contribution in [-0.2, 0) is 6.54 Å². The molecule has 0 aliphatic carbocycles. The number of fused-ring (bicyclic) bond motifs is 1. The molecule has 3 nitrogen and oxygen atoms in total. The maximum Gasteiger partial charge on any atom is 0.152 e. The summed E-state index contributed by atoms with van der Waals surface area (Å²) in [7, 11) is 2.24. The number of aromatic nitrogens is 1. The number of hydrogen-bond donors (Lipinski definition) is 0. The van der Waals surface area contributed by atoms with E-state index in [4.69, 9.17) is 0 Å². The molecule has 0 spiro atoms. The summed E-state index contributed by atoms with van der Waals surface area (Å²) in [5.74, 6) is 0. The van der Waals surface area contributed by atoms with Gasteiger partial charge in [-0.15, -0.1) is 0 Å². The Kier molecular flexibility index (Phi) is 4.11. The largest absolute Gasteiger partial charge is 0.346 e. The minimum absolute atomic E-state index is 0.680. The Morgan fingerprint density at radius 3 is 2.95 bits per heavy atom. The fourth-order valence-electron chi connectivity index (χ4n) is 3.64. The van der Waals surface area contributed by atoms with E-state index in [1.165, 1.54) is 36.9 Å². The highest BCUT2D eigenvalue weighted by molar-refractivity contribution is 5.98. The minimum atomic E-state index is 0.680. The third-order valence-electron chi connectivity index (χ3n) is 4.88. The first kappa shape index (κ1) is 14.3. The molecule has 0 amide bonds. The second-order valence-electron chi connectivity index (χ2n) is 6.29.